The van der Waals surface area contributed by atoms with Crippen molar-refractivity contribution in [1.29, 1.82) is 0 Å². The van der Waals surface area contributed by atoms with E-state index in [0.29, 0.717) is 31.2 Å². The summed E-state index contributed by atoms with van der Waals surface area (Å²) in [5.74, 6) is 0.407. The number of hydrogen-bond acceptors (Lipinski definition) is 7. The van der Waals surface area contributed by atoms with Gasteiger partial charge < -0.3 is 15.0 Å². The molecular weight excluding hydrogens is 416 g/mol. The van der Waals surface area contributed by atoms with Gasteiger partial charge >= 0.3 is 0 Å². The van der Waals surface area contributed by atoms with Crippen molar-refractivity contribution in [3.63, 3.8) is 0 Å². The van der Waals surface area contributed by atoms with E-state index in [1.807, 2.05) is 24.4 Å². The topological polar surface area (TPSA) is 122 Å². The summed E-state index contributed by atoms with van der Waals surface area (Å²) in [6, 6.07) is 12.1. The number of pyridine rings is 1. The number of ether oxygens (including phenoxy) is 1. The molecule has 0 radical (unpaired) electrons. The monoisotopic (exact) mass is 438 g/mol. The molecule has 3 aromatic heterocycles. The highest BCUT2D eigenvalue weighted by atomic mass is 32.2. The van der Waals surface area contributed by atoms with Crippen LogP contribution in [-0.2, 0) is 14.8 Å². The molecule has 4 rings (SSSR count). The summed E-state index contributed by atoms with van der Waals surface area (Å²) in [6.07, 6.45) is 5.87. The lowest BCUT2D eigenvalue weighted by Gasteiger charge is -2.09. The number of aromatic nitrogens is 4. The summed E-state index contributed by atoms with van der Waals surface area (Å²) < 4.78 is 32.2. The predicted molar refractivity (Wildman–Crippen MR) is 119 cm³/mol. The lowest BCUT2D eigenvalue weighted by molar-refractivity contribution is 0.196. The molecule has 1 aromatic carbocycles. The second-order valence-electron chi connectivity index (χ2n) is 6.76. The third kappa shape index (κ3) is 4.88. The van der Waals surface area contributed by atoms with Gasteiger partial charge in [0, 0.05) is 55.5 Å². The van der Waals surface area contributed by atoms with E-state index < -0.39 is 10.0 Å². The maximum atomic E-state index is 12.3. The van der Waals surface area contributed by atoms with E-state index in [9.17, 15) is 8.42 Å². The molecule has 160 valence electrons. The first-order chi connectivity index (χ1) is 15.1. The van der Waals surface area contributed by atoms with Gasteiger partial charge in [0.05, 0.1) is 10.6 Å². The second kappa shape index (κ2) is 9.21. The van der Waals surface area contributed by atoms with Crippen LogP contribution in [0.4, 0.5) is 11.6 Å². The molecule has 0 unspecified atom stereocenters. The molecule has 0 amide bonds. The lowest BCUT2D eigenvalue weighted by Crippen LogP contribution is -2.25. The fourth-order valence-electron chi connectivity index (χ4n) is 3.09. The highest BCUT2D eigenvalue weighted by molar-refractivity contribution is 7.89. The average molecular weight is 439 g/mol. The molecule has 3 N–H and O–H groups in total. The Morgan fingerprint density at radius 3 is 2.71 bits per heavy atom. The zero-order valence-corrected chi connectivity index (χ0v) is 17.7. The van der Waals surface area contributed by atoms with Crippen LogP contribution in [0.25, 0.3) is 22.3 Å². The Hall–Kier alpha value is -3.34. The van der Waals surface area contributed by atoms with Crippen LogP contribution in [0.1, 0.15) is 6.42 Å². The van der Waals surface area contributed by atoms with Crippen LogP contribution in [0.5, 0.6) is 0 Å². The van der Waals surface area contributed by atoms with Crippen molar-refractivity contribution in [2.75, 3.05) is 25.6 Å². The summed E-state index contributed by atoms with van der Waals surface area (Å²) in [7, 11) is -1.98. The first-order valence-electron chi connectivity index (χ1n) is 9.68. The Morgan fingerprint density at radius 2 is 1.90 bits per heavy atom. The molecular formula is C21H22N6O3S. The molecule has 31 heavy (non-hydrogen) atoms. The molecule has 0 saturated carbocycles. The summed E-state index contributed by atoms with van der Waals surface area (Å²) in [4.78, 5) is 16.5. The zero-order valence-electron chi connectivity index (χ0n) is 16.9. The van der Waals surface area contributed by atoms with Gasteiger partial charge in [-0.2, -0.15) is 0 Å². The van der Waals surface area contributed by atoms with Gasteiger partial charge in [0.15, 0.2) is 0 Å². The largest absolute Gasteiger partial charge is 0.385 e. The average Bonchev–Trinajstić information content (AvgIpc) is 3.22. The number of H-pyrrole nitrogens is 1. The Kier molecular flexibility index (Phi) is 6.21. The van der Waals surface area contributed by atoms with E-state index in [0.717, 1.165) is 22.3 Å². The fraction of sp³-hybridized carbons (Fsp3) is 0.190. The molecule has 0 aliphatic heterocycles. The van der Waals surface area contributed by atoms with Gasteiger partial charge in [-0.15, -0.1) is 0 Å². The van der Waals surface area contributed by atoms with Crippen molar-refractivity contribution in [3.05, 3.63) is 61.1 Å². The number of anilines is 2. The molecule has 3 heterocycles. The summed E-state index contributed by atoms with van der Waals surface area (Å²) >= 11 is 0. The smallest absolute Gasteiger partial charge is 0.240 e. The number of sulfonamides is 1. The number of nitrogens with one attached hydrogen (secondary N) is 3. The minimum absolute atomic E-state index is 0.191. The van der Waals surface area contributed by atoms with Crippen molar-refractivity contribution in [2.45, 2.75) is 11.3 Å². The Bertz CT molecular complexity index is 1270. The van der Waals surface area contributed by atoms with Gasteiger partial charge in [-0.25, -0.2) is 28.1 Å². The lowest BCUT2D eigenvalue weighted by atomic mass is 10.1. The molecule has 0 bridgehead atoms. The normalized spacial score (nSPS) is 11.6. The number of aromatic amines is 1. The molecule has 0 aliphatic carbocycles. The Labute approximate surface area is 180 Å². The fourth-order valence-corrected chi connectivity index (χ4v) is 4.16. The predicted octanol–water partition coefficient (Wildman–Crippen LogP) is 3.08. The minimum Gasteiger partial charge on any atom is -0.385 e. The quantitative estimate of drug-likeness (QED) is 0.343. The third-order valence-corrected chi connectivity index (χ3v) is 6.10. The van der Waals surface area contributed by atoms with Crippen LogP contribution in [0, 0.1) is 0 Å². The first-order valence-corrected chi connectivity index (χ1v) is 11.2. The van der Waals surface area contributed by atoms with E-state index in [1.54, 1.807) is 31.6 Å². The van der Waals surface area contributed by atoms with Crippen LogP contribution < -0.4 is 10.0 Å². The third-order valence-electron chi connectivity index (χ3n) is 4.62. The van der Waals surface area contributed by atoms with E-state index in [1.165, 1.54) is 12.1 Å². The highest BCUT2D eigenvalue weighted by Crippen LogP contribution is 2.26. The van der Waals surface area contributed by atoms with E-state index in [-0.39, 0.29) is 4.90 Å². The van der Waals surface area contributed by atoms with Crippen LogP contribution in [0.2, 0.25) is 0 Å². The second-order valence-corrected chi connectivity index (χ2v) is 8.53. The number of nitrogens with zero attached hydrogens (tertiary/aromatic N) is 3. The first kappa shape index (κ1) is 20.9. The summed E-state index contributed by atoms with van der Waals surface area (Å²) in [5, 5.41) is 4.09. The van der Waals surface area contributed by atoms with Crippen LogP contribution in [0.15, 0.2) is 66.0 Å². The number of rotatable bonds is 9. The van der Waals surface area contributed by atoms with Crippen LogP contribution >= 0.6 is 0 Å². The number of fused-ring (bicyclic) bond motifs is 1. The van der Waals surface area contributed by atoms with E-state index in [2.05, 4.69) is 30.0 Å². The molecule has 0 fully saturated rings. The Morgan fingerprint density at radius 1 is 1.06 bits per heavy atom. The number of hydrogen-bond donors (Lipinski definition) is 3. The summed E-state index contributed by atoms with van der Waals surface area (Å²) in [5.41, 5.74) is 3.14. The Balaban J connectivity index is 1.48. The maximum absolute atomic E-state index is 12.3. The van der Waals surface area contributed by atoms with Crippen molar-refractivity contribution in [1.82, 2.24) is 24.7 Å². The van der Waals surface area contributed by atoms with Crippen molar-refractivity contribution in [2.24, 2.45) is 0 Å². The zero-order chi connectivity index (χ0) is 21.7. The van der Waals surface area contributed by atoms with Gasteiger partial charge in [0.1, 0.15) is 5.65 Å². The van der Waals surface area contributed by atoms with Crippen molar-refractivity contribution < 1.29 is 13.2 Å². The van der Waals surface area contributed by atoms with Gasteiger partial charge in [0.2, 0.25) is 16.0 Å². The van der Waals surface area contributed by atoms with Crippen molar-refractivity contribution in [3.8, 4) is 11.3 Å². The SMILES string of the molecule is COCCCNS(=O)(=O)c1ccc(Nc2nccc(-c3c[nH]c4ncccc34)n2)cc1. The van der Waals surface area contributed by atoms with Gasteiger partial charge in [-0.05, 0) is 48.9 Å². The molecule has 9 nitrogen and oxygen atoms in total. The molecule has 0 spiro atoms. The number of methoxy groups -OCH3 is 1. The van der Waals surface area contributed by atoms with Gasteiger partial charge in [-0.3, -0.25) is 0 Å². The van der Waals surface area contributed by atoms with E-state index in [4.69, 9.17) is 4.74 Å². The highest BCUT2D eigenvalue weighted by Gasteiger charge is 2.13. The van der Waals surface area contributed by atoms with Gasteiger partial charge in [-0.1, -0.05) is 0 Å². The molecule has 0 saturated heterocycles. The molecule has 4 aromatic rings. The van der Waals surface area contributed by atoms with Crippen LogP contribution in [0.3, 0.4) is 0 Å². The van der Waals surface area contributed by atoms with Gasteiger partial charge in [0.25, 0.3) is 0 Å². The summed E-state index contributed by atoms with van der Waals surface area (Å²) in [6.45, 7) is 0.819. The standard InChI is InChI=1S/C21H22N6O3S/c1-30-13-3-11-25-31(28,29)16-7-5-15(6-8-16)26-21-23-12-9-19(27-21)18-14-24-20-17(18)4-2-10-22-20/h2,4-10,12,14,25H,3,11,13H2,1H3,(H,22,24)(H,23,26,27). The number of benzene rings is 1. The minimum atomic E-state index is -3.56. The molecule has 0 atom stereocenters. The molecule has 10 heteroatoms. The van der Waals surface area contributed by atoms with E-state index >= 15 is 0 Å². The maximum Gasteiger partial charge on any atom is 0.240 e. The van der Waals surface area contributed by atoms with Crippen molar-refractivity contribution >= 4 is 32.7 Å². The van der Waals surface area contributed by atoms with Crippen LogP contribution in [-0.4, -0.2) is 48.6 Å². The molecule has 0 aliphatic rings.